The minimum atomic E-state index is -0.808. The molecule has 3 heteroatoms. The van der Waals surface area contributed by atoms with Crippen molar-refractivity contribution >= 4 is 5.97 Å². The molecular weight excluding hydrogens is 228 g/mol. The maximum atomic E-state index is 10.9. The van der Waals surface area contributed by atoms with Crippen molar-refractivity contribution in [1.29, 1.82) is 0 Å². The van der Waals surface area contributed by atoms with Crippen molar-refractivity contribution in [1.82, 2.24) is 0 Å². The molecule has 0 aromatic heterocycles. The van der Waals surface area contributed by atoms with Crippen LogP contribution in [0.1, 0.15) is 38.7 Å². The number of rotatable bonds is 7. The average Bonchev–Trinajstić information content (AvgIpc) is 2.35. The Bertz CT molecular complexity index is 371. The molecule has 0 spiro atoms. The first-order valence-corrected chi connectivity index (χ1v) is 6.37. The summed E-state index contributed by atoms with van der Waals surface area (Å²) in [4.78, 5) is 10.9. The first-order chi connectivity index (χ1) is 8.42. The van der Waals surface area contributed by atoms with Gasteiger partial charge in [-0.3, -0.25) is 4.79 Å². The monoisotopic (exact) mass is 250 g/mol. The van der Waals surface area contributed by atoms with E-state index in [4.69, 9.17) is 5.11 Å². The van der Waals surface area contributed by atoms with Crippen molar-refractivity contribution < 1.29 is 15.0 Å². The zero-order chi connectivity index (χ0) is 13.6. The standard InChI is InChI=1S/C15H22O3/c1-15(2,14(17)18)11-10-13(16)9-8-12-6-4-3-5-7-12/h3-7,13,16H,8-11H2,1-2H3,(H,17,18). The topological polar surface area (TPSA) is 57.5 Å². The quantitative estimate of drug-likeness (QED) is 0.782. The highest BCUT2D eigenvalue weighted by Gasteiger charge is 2.27. The van der Waals surface area contributed by atoms with Crippen molar-refractivity contribution in [2.45, 2.75) is 45.6 Å². The van der Waals surface area contributed by atoms with Gasteiger partial charge in [0.1, 0.15) is 0 Å². The number of aliphatic carboxylic acids is 1. The summed E-state index contributed by atoms with van der Waals surface area (Å²) in [6.07, 6.45) is 2.11. The summed E-state index contributed by atoms with van der Waals surface area (Å²) in [5.41, 5.74) is 0.447. The summed E-state index contributed by atoms with van der Waals surface area (Å²) >= 11 is 0. The van der Waals surface area contributed by atoms with Crippen LogP contribution in [0.3, 0.4) is 0 Å². The fourth-order valence-electron chi connectivity index (χ4n) is 1.76. The SMILES string of the molecule is CC(C)(CCC(O)CCc1ccccc1)C(=O)O. The number of carbonyl (C=O) groups is 1. The van der Waals surface area contributed by atoms with Gasteiger partial charge in [0.15, 0.2) is 0 Å². The molecule has 1 aromatic carbocycles. The summed E-state index contributed by atoms with van der Waals surface area (Å²) in [5.74, 6) is -0.808. The zero-order valence-electron chi connectivity index (χ0n) is 11.1. The van der Waals surface area contributed by atoms with Crippen LogP contribution in [0.2, 0.25) is 0 Å². The van der Waals surface area contributed by atoms with Crippen LogP contribution in [0.5, 0.6) is 0 Å². The van der Waals surface area contributed by atoms with E-state index in [9.17, 15) is 9.90 Å². The lowest BCUT2D eigenvalue weighted by molar-refractivity contribution is -0.147. The Labute approximate surface area is 108 Å². The number of aliphatic hydroxyl groups excluding tert-OH is 1. The predicted molar refractivity (Wildman–Crippen MR) is 71.4 cm³/mol. The number of hydrogen-bond acceptors (Lipinski definition) is 2. The number of aliphatic hydroxyl groups is 1. The van der Waals surface area contributed by atoms with Gasteiger partial charge in [-0.05, 0) is 45.1 Å². The lowest BCUT2D eigenvalue weighted by Gasteiger charge is -2.20. The van der Waals surface area contributed by atoms with Crippen LogP contribution >= 0.6 is 0 Å². The van der Waals surface area contributed by atoms with E-state index >= 15 is 0 Å². The van der Waals surface area contributed by atoms with Crippen molar-refractivity contribution in [3.05, 3.63) is 35.9 Å². The number of hydrogen-bond donors (Lipinski definition) is 2. The minimum Gasteiger partial charge on any atom is -0.481 e. The van der Waals surface area contributed by atoms with E-state index in [1.807, 2.05) is 30.3 Å². The summed E-state index contributed by atoms with van der Waals surface area (Å²) < 4.78 is 0. The third-order valence-corrected chi connectivity index (χ3v) is 3.29. The molecule has 0 saturated heterocycles. The zero-order valence-corrected chi connectivity index (χ0v) is 11.1. The third-order valence-electron chi connectivity index (χ3n) is 3.29. The Hall–Kier alpha value is -1.35. The molecule has 100 valence electrons. The highest BCUT2D eigenvalue weighted by Crippen LogP contribution is 2.24. The molecule has 0 aliphatic carbocycles. The lowest BCUT2D eigenvalue weighted by atomic mass is 9.86. The highest BCUT2D eigenvalue weighted by atomic mass is 16.4. The summed E-state index contributed by atoms with van der Waals surface area (Å²) in [5, 5.41) is 18.8. The second kappa shape index (κ2) is 6.55. The molecule has 0 amide bonds. The molecule has 3 nitrogen and oxygen atoms in total. The summed E-state index contributed by atoms with van der Waals surface area (Å²) in [6, 6.07) is 10.0. The molecule has 0 heterocycles. The van der Waals surface area contributed by atoms with E-state index in [-0.39, 0.29) is 0 Å². The second-order valence-corrected chi connectivity index (χ2v) is 5.41. The van der Waals surface area contributed by atoms with Crippen molar-refractivity contribution in [3.8, 4) is 0 Å². The average molecular weight is 250 g/mol. The lowest BCUT2D eigenvalue weighted by Crippen LogP contribution is -2.25. The van der Waals surface area contributed by atoms with E-state index in [1.54, 1.807) is 13.8 Å². The van der Waals surface area contributed by atoms with E-state index in [0.29, 0.717) is 19.3 Å². The number of aryl methyl sites for hydroxylation is 1. The molecule has 0 radical (unpaired) electrons. The van der Waals surface area contributed by atoms with Gasteiger partial charge in [-0.1, -0.05) is 30.3 Å². The molecule has 2 N–H and O–H groups in total. The van der Waals surface area contributed by atoms with Crippen LogP contribution in [0.25, 0.3) is 0 Å². The molecular formula is C15H22O3. The third kappa shape index (κ3) is 4.88. The second-order valence-electron chi connectivity index (χ2n) is 5.41. The van der Waals surface area contributed by atoms with Crippen LogP contribution in [-0.2, 0) is 11.2 Å². The van der Waals surface area contributed by atoms with Crippen LogP contribution in [0.15, 0.2) is 30.3 Å². The Morgan fingerprint density at radius 3 is 2.39 bits per heavy atom. The number of carboxylic acid groups (broad SMARTS) is 1. The van der Waals surface area contributed by atoms with Gasteiger partial charge in [-0.15, -0.1) is 0 Å². The summed E-state index contributed by atoms with van der Waals surface area (Å²) in [6.45, 7) is 3.39. The first kappa shape index (κ1) is 14.7. The largest absolute Gasteiger partial charge is 0.481 e. The van der Waals surface area contributed by atoms with E-state index in [0.717, 1.165) is 6.42 Å². The molecule has 0 aliphatic rings. The van der Waals surface area contributed by atoms with Crippen molar-refractivity contribution in [2.75, 3.05) is 0 Å². The molecule has 1 atom stereocenters. The van der Waals surface area contributed by atoms with E-state index < -0.39 is 17.5 Å². The van der Waals surface area contributed by atoms with Crippen LogP contribution in [0, 0.1) is 5.41 Å². The Balaban J connectivity index is 2.30. The molecule has 0 bridgehead atoms. The first-order valence-electron chi connectivity index (χ1n) is 6.37. The minimum absolute atomic E-state index is 0.427. The van der Waals surface area contributed by atoms with Gasteiger partial charge in [0.05, 0.1) is 11.5 Å². The van der Waals surface area contributed by atoms with Gasteiger partial charge in [0, 0.05) is 0 Å². The summed E-state index contributed by atoms with van der Waals surface area (Å²) in [7, 11) is 0. The fraction of sp³-hybridized carbons (Fsp3) is 0.533. The number of benzene rings is 1. The van der Waals surface area contributed by atoms with Gasteiger partial charge in [0.25, 0.3) is 0 Å². The Morgan fingerprint density at radius 1 is 1.22 bits per heavy atom. The van der Waals surface area contributed by atoms with E-state index in [2.05, 4.69) is 0 Å². The maximum Gasteiger partial charge on any atom is 0.309 e. The van der Waals surface area contributed by atoms with Crippen LogP contribution in [0.4, 0.5) is 0 Å². The van der Waals surface area contributed by atoms with Gasteiger partial charge in [0.2, 0.25) is 0 Å². The van der Waals surface area contributed by atoms with Gasteiger partial charge in [-0.25, -0.2) is 0 Å². The van der Waals surface area contributed by atoms with Gasteiger partial charge >= 0.3 is 5.97 Å². The number of carboxylic acids is 1. The Kier molecular flexibility index (Phi) is 5.35. The smallest absolute Gasteiger partial charge is 0.309 e. The van der Waals surface area contributed by atoms with Crippen LogP contribution in [-0.4, -0.2) is 22.3 Å². The molecule has 0 fully saturated rings. The van der Waals surface area contributed by atoms with Crippen molar-refractivity contribution in [3.63, 3.8) is 0 Å². The molecule has 1 aromatic rings. The van der Waals surface area contributed by atoms with Gasteiger partial charge in [-0.2, -0.15) is 0 Å². The molecule has 1 rings (SSSR count). The normalized spacial score (nSPS) is 13.3. The predicted octanol–water partition coefficient (Wildman–Crippen LogP) is 2.87. The van der Waals surface area contributed by atoms with Crippen LogP contribution < -0.4 is 0 Å². The molecule has 0 aliphatic heterocycles. The highest BCUT2D eigenvalue weighted by molar-refractivity contribution is 5.73. The molecule has 18 heavy (non-hydrogen) atoms. The Morgan fingerprint density at radius 2 is 1.83 bits per heavy atom. The van der Waals surface area contributed by atoms with E-state index in [1.165, 1.54) is 5.56 Å². The van der Waals surface area contributed by atoms with Gasteiger partial charge < -0.3 is 10.2 Å². The maximum absolute atomic E-state index is 10.9. The van der Waals surface area contributed by atoms with Crippen molar-refractivity contribution in [2.24, 2.45) is 5.41 Å². The fourth-order valence-corrected chi connectivity index (χ4v) is 1.76. The molecule has 1 unspecified atom stereocenters. The molecule has 0 saturated carbocycles.